The number of amides is 2. The molecule has 1 spiro atoms. The van der Waals surface area contributed by atoms with E-state index in [0.29, 0.717) is 18.9 Å². The quantitative estimate of drug-likeness (QED) is 0.801. The minimum atomic E-state index is 0.208. The molecule has 0 unspecified atom stereocenters. The molecule has 1 N–H and O–H groups in total. The van der Waals surface area contributed by atoms with Crippen LogP contribution in [0.25, 0.3) is 0 Å². The molecule has 134 valence electrons. The van der Waals surface area contributed by atoms with Gasteiger partial charge >= 0.3 is 0 Å². The second-order valence-electron chi connectivity index (χ2n) is 7.77. The zero-order valence-electron chi connectivity index (χ0n) is 14.8. The van der Waals surface area contributed by atoms with Gasteiger partial charge < -0.3 is 15.1 Å². The van der Waals surface area contributed by atoms with Crippen molar-refractivity contribution in [1.29, 1.82) is 0 Å². The normalized spacial score (nSPS) is 27.8. The summed E-state index contributed by atoms with van der Waals surface area (Å²) in [4.78, 5) is 28.9. The molecule has 3 heterocycles. The second kappa shape index (κ2) is 7.68. The molecule has 0 saturated carbocycles. The molecule has 0 aromatic carbocycles. The lowest BCUT2D eigenvalue weighted by atomic mass is 9.72. The Labute approximate surface area is 145 Å². The van der Waals surface area contributed by atoms with Gasteiger partial charge in [0, 0.05) is 38.5 Å². The molecule has 3 rings (SSSR count). The Bertz CT molecular complexity index is 475. The minimum Gasteiger partial charge on any atom is -0.342 e. The molecule has 0 bridgehead atoms. The van der Waals surface area contributed by atoms with Crippen LogP contribution in [0.15, 0.2) is 12.7 Å². The van der Waals surface area contributed by atoms with Gasteiger partial charge in [-0.05, 0) is 57.0 Å². The van der Waals surface area contributed by atoms with E-state index in [4.69, 9.17) is 0 Å². The topological polar surface area (TPSA) is 52.7 Å². The molecule has 3 aliphatic rings. The molecular weight excluding hydrogens is 302 g/mol. The van der Waals surface area contributed by atoms with Gasteiger partial charge in [-0.1, -0.05) is 6.08 Å². The molecule has 2 amide bonds. The highest BCUT2D eigenvalue weighted by Gasteiger charge is 2.42. The third-order valence-electron chi connectivity index (χ3n) is 6.16. The molecule has 0 aromatic heterocycles. The highest BCUT2D eigenvalue weighted by Crippen LogP contribution is 2.40. The molecule has 0 radical (unpaired) electrons. The van der Waals surface area contributed by atoms with Crippen molar-refractivity contribution in [3.05, 3.63) is 12.7 Å². The van der Waals surface area contributed by atoms with E-state index < -0.39 is 0 Å². The molecular formula is C19H31N3O2. The third kappa shape index (κ3) is 3.82. The maximum absolute atomic E-state index is 12.8. The first-order valence-electron chi connectivity index (χ1n) is 9.52. The fourth-order valence-electron chi connectivity index (χ4n) is 4.56. The Morgan fingerprint density at radius 1 is 1.25 bits per heavy atom. The van der Waals surface area contributed by atoms with Crippen molar-refractivity contribution >= 4 is 11.8 Å². The van der Waals surface area contributed by atoms with E-state index in [-0.39, 0.29) is 17.2 Å². The van der Waals surface area contributed by atoms with Gasteiger partial charge in [0.2, 0.25) is 11.8 Å². The number of nitrogens with one attached hydrogen (secondary N) is 1. The number of likely N-dealkylation sites (tertiary alicyclic amines) is 2. The Morgan fingerprint density at radius 2 is 2.04 bits per heavy atom. The van der Waals surface area contributed by atoms with Crippen LogP contribution in [0.1, 0.15) is 44.9 Å². The summed E-state index contributed by atoms with van der Waals surface area (Å²) in [6.45, 7) is 8.98. The fraction of sp³-hybridized carbons (Fsp3) is 0.789. The van der Waals surface area contributed by atoms with Crippen LogP contribution in [0.2, 0.25) is 0 Å². The molecule has 3 saturated heterocycles. The molecule has 5 heteroatoms. The molecule has 0 aromatic rings. The second-order valence-corrected chi connectivity index (χ2v) is 7.77. The molecule has 0 aliphatic carbocycles. The number of hydrogen-bond donors (Lipinski definition) is 1. The number of carbonyl (C=O) groups excluding carboxylic acids is 2. The van der Waals surface area contributed by atoms with E-state index >= 15 is 0 Å². The lowest BCUT2D eigenvalue weighted by Gasteiger charge is -2.47. The number of nitrogens with zero attached hydrogens (tertiary/aromatic N) is 2. The first kappa shape index (κ1) is 17.5. The van der Waals surface area contributed by atoms with E-state index in [2.05, 4.69) is 16.8 Å². The van der Waals surface area contributed by atoms with Crippen LogP contribution in [0.5, 0.6) is 0 Å². The Morgan fingerprint density at radius 3 is 2.79 bits per heavy atom. The predicted octanol–water partition coefficient (Wildman–Crippen LogP) is 1.79. The van der Waals surface area contributed by atoms with Crippen molar-refractivity contribution in [3.8, 4) is 0 Å². The lowest BCUT2D eigenvalue weighted by Crippen LogP contribution is -2.53. The number of carbonyl (C=O) groups is 2. The summed E-state index contributed by atoms with van der Waals surface area (Å²) in [5, 5.41) is 3.39. The van der Waals surface area contributed by atoms with Gasteiger partial charge in [0.1, 0.15) is 0 Å². The average molecular weight is 333 g/mol. The minimum absolute atomic E-state index is 0.208. The molecule has 3 aliphatic heterocycles. The van der Waals surface area contributed by atoms with Gasteiger partial charge in [-0.2, -0.15) is 0 Å². The molecule has 1 atom stereocenters. The van der Waals surface area contributed by atoms with E-state index in [1.807, 2.05) is 11.0 Å². The van der Waals surface area contributed by atoms with Crippen LogP contribution in [-0.2, 0) is 9.59 Å². The maximum atomic E-state index is 12.8. The van der Waals surface area contributed by atoms with E-state index in [1.54, 1.807) is 0 Å². The summed E-state index contributed by atoms with van der Waals surface area (Å²) in [5.74, 6) is 0.826. The first-order chi connectivity index (χ1) is 11.6. The molecule has 24 heavy (non-hydrogen) atoms. The zero-order valence-corrected chi connectivity index (χ0v) is 14.8. The van der Waals surface area contributed by atoms with Crippen LogP contribution in [-0.4, -0.2) is 60.9 Å². The number of rotatable bonds is 3. The van der Waals surface area contributed by atoms with Crippen LogP contribution in [0, 0.1) is 11.3 Å². The van der Waals surface area contributed by atoms with Crippen molar-refractivity contribution in [1.82, 2.24) is 15.1 Å². The highest BCUT2D eigenvalue weighted by molar-refractivity contribution is 5.79. The van der Waals surface area contributed by atoms with E-state index in [0.717, 1.165) is 71.2 Å². The van der Waals surface area contributed by atoms with Gasteiger partial charge in [0.25, 0.3) is 0 Å². The molecule has 5 nitrogen and oxygen atoms in total. The van der Waals surface area contributed by atoms with Crippen LogP contribution < -0.4 is 5.32 Å². The van der Waals surface area contributed by atoms with Crippen molar-refractivity contribution in [2.24, 2.45) is 11.3 Å². The Kier molecular flexibility index (Phi) is 5.59. The summed E-state index contributed by atoms with van der Waals surface area (Å²) in [5.41, 5.74) is 0.221. The van der Waals surface area contributed by atoms with Gasteiger partial charge in [0.15, 0.2) is 0 Å². The SMILES string of the molecule is C=CCN1CC2(CCC1=O)CCN(C(=O)[C@H]1CCCNCC1)CC2. The van der Waals surface area contributed by atoms with Gasteiger partial charge in [0.05, 0.1) is 0 Å². The predicted molar refractivity (Wildman–Crippen MR) is 94.5 cm³/mol. The summed E-state index contributed by atoms with van der Waals surface area (Å²) in [7, 11) is 0. The van der Waals surface area contributed by atoms with Gasteiger partial charge in [-0.3, -0.25) is 9.59 Å². The smallest absolute Gasteiger partial charge is 0.225 e. The van der Waals surface area contributed by atoms with Gasteiger partial charge in [-0.25, -0.2) is 0 Å². The van der Waals surface area contributed by atoms with Crippen molar-refractivity contribution in [2.75, 3.05) is 39.3 Å². The van der Waals surface area contributed by atoms with E-state index in [1.165, 1.54) is 0 Å². The fourth-order valence-corrected chi connectivity index (χ4v) is 4.56. The largest absolute Gasteiger partial charge is 0.342 e. The monoisotopic (exact) mass is 333 g/mol. The summed E-state index contributed by atoms with van der Waals surface area (Å²) in [6.07, 6.45) is 8.61. The Hall–Kier alpha value is -1.36. The first-order valence-corrected chi connectivity index (χ1v) is 9.52. The van der Waals surface area contributed by atoms with Crippen LogP contribution >= 0.6 is 0 Å². The van der Waals surface area contributed by atoms with Crippen LogP contribution in [0.4, 0.5) is 0 Å². The summed E-state index contributed by atoms with van der Waals surface area (Å²) < 4.78 is 0. The standard InChI is InChI=1S/C19H31N3O2/c1-2-12-22-15-19(7-5-17(22)23)8-13-21(14-9-19)18(24)16-4-3-10-20-11-6-16/h2,16,20H,1,3-15H2/t16-/m0/s1. The van der Waals surface area contributed by atoms with Crippen molar-refractivity contribution in [2.45, 2.75) is 44.9 Å². The third-order valence-corrected chi connectivity index (χ3v) is 6.16. The lowest BCUT2D eigenvalue weighted by molar-refractivity contribution is -0.144. The summed E-state index contributed by atoms with van der Waals surface area (Å²) in [6, 6.07) is 0. The highest BCUT2D eigenvalue weighted by atomic mass is 16.2. The number of piperidine rings is 2. The maximum Gasteiger partial charge on any atom is 0.225 e. The van der Waals surface area contributed by atoms with E-state index in [9.17, 15) is 9.59 Å². The molecule has 3 fully saturated rings. The zero-order chi connectivity index (χ0) is 17.0. The van der Waals surface area contributed by atoms with Crippen molar-refractivity contribution < 1.29 is 9.59 Å². The average Bonchev–Trinajstić information content (AvgIpc) is 2.88. The van der Waals surface area contributed by atoms with Crippen LogP contribution in [0.3, 0.4) is 0 Å². The number of hydrogen-bond acceptors (Lipinski definition) is 3. The summed E-state index contributed by atoms with van der Waals surface area (Å²) >= 11 is 0. The van der Waals surface area contributed by atoms with Gasteiger partial charge in [-0.15, -0.1) is 6.58 Å². The Balaban J connectivity index is 1.55. The van der Waals surface area contributed by atoms with Crippen molar-refractivity contribution in [3.63, 3.8) is 0 Å².